The summed E-state index contributed by atoms with van der Waals surface area (Å²) in [7, 11) is 1.38. The van der Waals surface area contributed by atoms with E-state index in [1.807, 2.05) is 19.1 Å². The van der Waals surface area contributed by atoms with Crippen molar-refractivity contribution in [2.24, 2.45) is 0 Å². The van der Waals surface area contributed by atoms with Gasteiger partial charge in [0.2, 0.25) is 0 Å². The molecule has 1 unspecified atom stereocenters. The molecule has 1 N–H and O–H groups in total. The van der Waals surface area contributed by atoms with Gasteiger partial charge in [0.1, 0.15) is 0 Å². The molecule has 0 radical (unpaired) electrons. The standard InChI is InChI=1S/C11H13BrClNO2/c1-7(5-11(15)16-2)14-8-3-4-10(13)9(12)6-8/h3-4,6-7,14H,5H2,1-2H3. The molecule has 88 valence electrons. The number of benzene rings is 1. The van der Waals surface area contributed by atoms with Crippen LogP contribution in [0.25, 0.3) is 0 Å². The van der Waals surface area contributed by atoms with E-state index in [-0.39, 0.29) is 12.0 Å². The fourth-order valence-electron chi connectivity index (χ4n) is 1.25. The molecular weight excluding hydrogens is 293 g/mol. The Morgan fingerprint density at radius 2 is 2.31 bits per heavy atom. The van der Waals surface area contributed by atoms with Crippen molar-refractivity contribution in [3.63, 3.8) is 0 Å². The van der Waals surface area contributed by atoms with Crippen LogP contribution in [0.4, 0.5) is 5.69 Å². The molecule has 0 aliphatic rings. The summed E-state index contributed by atoms with van der Waals surface area (Å²) >= 11 is 9.21. The number of methoxy groups -OCH3 is 1. The van der Waals surface area contributed by atoms with Crippen LogP contribution in [0.1, 0.15) is 13.3 Å². The fourth-order valence-corrected chi connectivity index (χ4v) is 1.75. The summed E-state index contributed by atoms with van der Waals surface area (Å²) in [5.41, 5.74) is 0.910. The molecule has 0 spiro atoms. The Morgan fingerprint density at radius 1 is 1.62 bits per heavy atom. The Hall–Kier alpha value is -0.740. The largest absolute Gasteiger partial charge is 0.469 e. The number of ether oxygens (including phenoxy) is 1. The lowest BCUT2D eigenvalue weighted by Gasteiger charge is -2.14. The van der Waals surface area contributed by atoms with Crippen molar-refractivity contribution in [2.75, 3.05) is 12.4 Å². The van der Waals surface area contributed by atoms with Gasteiger partial charge in [-0.3, -0.25) is 4.79 Å². The third kappa shape index (κ3) is 4.02. The first-order valence-corrected chi connectivity index (χ1v) is 5.98. The highest BCUT2D eigenvalue weighted by atomic mass is 79.9. The molecule has 0 saturated heterocycles. The van der Waals surface area contributed by atoms with E-state index in [4.69, 9.17) is 11.6 Å². The molecule has 1 aromatic rings. The first-order chi connectivity index (χ1) is 7.52. The lowest BCUT2D eigenvalue weighted by molar-refractivity contribution is -0.140. The number of carbonyl (C=O) groups is 1. The number of esters is 1. The van der Waals surface area contributed by atoms with E-state index in [0.29, 0.717) is 11.4 Å². The molecule has 3 nitrogen and oxygen atoms in total. The molecular formula is C11H13BrClNO2. The molecule has 0 amide bonds. The van der Waals surface area contributed by atoms with Crippen molar-refractivity contribution in [1.29, 1.82) is 0 Å². The Labute approximate surface area is 108 Å². The quantitative estimate of drug-likeness (QED) is 0.866. The number of carbonyl (C=O) groups excluding carboxylic acids is 1. The van der Waals surface area contributed by atoms with Gasteiger partial charge in [-0.25, -0.2) is 0 Å². The number of halogens is 2. The second kappa shape index (κ2) is 6.11. The van der Waals surface area contributed by atoms with Gasteiger partial charge in [-0.05, 0) is 41.1 Å². The van der Waals surface area contributed by atoms with Gasteiger partial charge in [-0.2, -0.15) is 0 Å². The van der Waals surface area contributed by atoms with Gasteiger partial charge < -0.3 is 10.1 Å². The van der Waals surface area contributed by atoms with Crippen LogP contribution >= 0.6 is 27.5 Å². The fraction of sp³-hybridized carbons (Fsp3) is 0.364. The van der Waals surface area contributed by atoms with Crippen LogP contribution in [0.5, 0.6) is 0 Å². The Morgan fingerprint density at radius 3 is 2.88 bits per heavy atom. The van der Waals surface area contributed by atoms with Crippen molar-refractivity contribution in [3.05, 3.63) is 27.7 Å². The van der Waals surface area contributed by atoms with Gasteiger partial charge >= 0.3 is 5.97 Å². The molecule has 0 saturated carbocycles. The number of hydrogen-bond donors (Lipinski definition) is 1. The highest BCUT2D eigenvalue weighted by Gasteiger charge is 2.09. The van der Waals surface area contributed by atoms with Gasteiger partial charge in [-0.1, -0.05) is 11.6 Å². The number of anilines is 1. The van der Waals surface area contributed by atoms with E-state index in [1.165, 1.54) is 7.11 Å². The second-order valence-electron chi connectivity index (χ2n) is 3.45. The summed E-state index contributed by atoms with van der Waals surface area (Å²) in [6.45, 7) is 1.92. The highest BCUT2D eigenvalue weighted by Crippen LogP contribution is 2.26. The van der Waals surface area contributed by atoms with Crippen LogP contribution < -0.4 is 5.32 Å². The summed E-state index contributed by atoms with van der Waals surface area (Å²) in [6, 6.07) is 5.54. The molecule has 1 aromatic carbocycles. The summed E-state index contributed by atoms with van der Waals surface area (Å²) < 4.78 is 5.42. The Bertz CT molecular complexity index is 384. The van der Waals surface area contributed by atoms with E-state index in [2.05, 4.69) is 26.0 Å². The van der Waals surface area contributed by atoms with Crippen molar-refractivity contribution in [1.82, 2.24) is 0 Å². The molecule has 0 aliphatic carbocycles. The minimum absolute atomic E-state index is 0.0144. The molecule has 0 fully saturated rings. The number of hydrogen-bond acceptors (Lipinski definition) is 3. The predicted octanol–water partition coefficient (Wildman–Crippen LogP) is 3.47. The molecule has 16 heavy (non-hydrogen) atoms. The normalized spacial score (nSPS) is 12.0. The van der Waals surface area contributed by atoms with E-state index in [9.17, 15) is 4.79 Å². The highest BCUT2D eigenvalue weighted by molar-refractivity contribution is 9.10. The van der Waals surface area contributed by atoms with Crippen LogP contribution in [0.2, 0.25) is 5.02 Å². The number of nitrogens with one attached hydrogen (secondary N) is 1. The van der Waals surface area contributed by atoms with Crippen LogP contribution in [0, 0.1) is 0 Å². The Balaban J connectivity index is 2.59. The minimum Gasteiger partial charge on any atom is -0.469 e. The molecule has 0 bridgehead atoms. The maximum atomic E-state index is 11.0. The van der Waals surface area contributed by atoms with Crippen LogP contribution in [-0.2, 0) is 9.53 Å². The van der Waals surface area contributed by atoms with Crippen LogP contribution in [0.15, 0.2) is 22.7 Å². The second-order valence-corrected chi connectivity index (χ2v) is 4.72. The van der Waals surface area contributed by atoms with Gasteiger partial charge in [-0.15, -0.1) is 0 Å². The van der Waals surface area contributed by atoms with Gasteiger partial charge in [0.05, 0.1) is 18.6 Å². The van der Waals surface area contributed by atoms with Crippen molar-refractivity contribution >= 4 is 39.2 Å². The van der Waals surface area contributed by atoms with Crippen molar-refractivity contribution in [3.8, 4) is 0 Å². The lowest BCUT2D eigenvalue weighted by atomic mass is 10.2. The molecule has 1 rings (SSSR count). The first kappa shape index (κ1) is 13.3. The third-order valence-electron chi connectivity index (χ3n) is 2.03. The van der Waals surface area contributed by atoms with E-state index < -0.39 is 0 Å². The zero-order valence-electron chi connectivity index (χ0n) is 9.09. The zero-order chi connectivity index (χ0) is 12.1. The summed E-state index contributed by atoms with van der Waals surface area (Å²) in [6.07, 6.45) is 0.330. The summed E-state index contributed by atoms with van der Waals surface area (Å²) in [4.78, 5) is 11.0. The molecule has 5 heteroatoms. The summed E-state index contributed by atoms with van der Waals surface area (Å²) in [5.74, 6) is -0.229. The van der Waals surface area contributed by atoms with E-state index in [0.717, 1.165) is 10.2 Å². The average molecular weight is 307 g/mol. The predicted molar refractivity (Wildman–Crippen MR) is 68.9 cm³/mol. The topological polar surface area (TPSA) is 38.3 Å². The van der Waals surface area contributed by atoms with E-state index >= 15 is 0 Å². The lowest BCUT2D eigenvalue weighted by Crippen LogP contribution is -2.20. The monoisotopic (exact) mass is 305 g/mol. The molecule has 1 atom stereocenters. The van der Waals surface area contributed by atoms with Gasteiger partial charge in [0.15, 0.2) is 0 Å². The average Bonchev–Trinajstić information content (AvgIpc) is 2.23. The van der Waals surface area contributed by atoms with E-state index in [1.54, 1.807) is 6.07 Å². The van der Waals surface area contributed by atoms with Gasteiger partial charge in [0, 0.05) is 16.2 Å². The Kier molecular flexibility index (Phi) is 5.09. The zero-order valence-corrected chi connectivity index (χ0v) is 11.4. The summed E-state index contributed by atoms with van der Waals surface area (Å²) in [5, 5.41) is 3.84. The van der Waals surface area contributed by atoms with Crippen molar-refractivity contribution in [2.45, 2.75) is 19.4 Å². The third-order valence-corrected chi connectivity index (χ3v) is 3.25. The number of rotatable bonds is 4. The molecule has 0 aliphatic heterocycles. The first-order valence-electron chi connectivity index (χ1n) is 4.81. The molecule has 0 aromatic heterocycles. The van der Waals surface area contributed by atoms with Crippen LogP contribution in [0.3, 0.4) is 0 Å². The van der Waals surface area contributed by atoms with Crippen molar-refractivity contribution < 1.29 is 9.53 Å². The maximum Gasteiger partial charge on any atom is 0.307 e. The smallest absolute Gasteiger partial charge is 0.307 e. The maximum absolute atomic E-state index is 11.0. The van der Waals surface area contributed by atoms with Crippen LogP contribution in [-0.4, -0.2) is 19.1 Å². The SMILES string of the molecule is COC(=O)CC(C)Nc1ccc(Cl)c(Br)c1. The van der Waals surface area contributed by atoms with Gasteiger partial charge in [0.25, 0.3) is 0 Å². The molecule has 0 heterocycles. The minimum atomic E-state index is -0.229.